The summed E-state index contributed by atoms with van der Waals surface area (Å²) in [6, 6.07) is -4.41. The predicted octanol–water partition coefficient (Wildman–Crippen LogP) is -0.811. The summed E-state index contributed by atoms with van der Waals surface area (Å²) in [5.41, 5.74) is 0.504. The van der Waals surface area contributed by atoms with Gasteiger partial charge in [0.25, 0.3) is 0 Å². The van der Waals surface area contributed by atoms with E-state index in [1.807, 2.05) is 13.8 Å². The Hall–Kier alpha value is -3.55. The van der Waals surface area contributed by atoms with E-state index in [0.717, 1.165) is 0 Å². The average Bonchev–Trinajstić information content (AvgIpc) is 3.60. The van der Waals surface area contributed by atoms with E-state index in [-0.39, 0.29) is 24.7 Å². The fourth-order valence-corrected chi connectivity index (χ4v) is 4.97. The minimum absolute atomic E-state index is 0.0881. The number of rotatable bonds is 6. The molecule has 1 aromatic heterocycles. The molecule has 6 atom stereocenters. The zero-order valence-corrected chi connectivity index (χ0v) is 23.7. The minimum atomic E-state index is -1.15. The van der Waals surface area contributed by atoms with E-state index in [9.17, 15) is 29.1 Å². The quantitative estimate of drug-likeness (QED) is 0.295. The van der Waals surface area contributed by atoms with Gasteiger partial charge in [-0.1, -0.05) is 25.5 Å². The third kappa shape index (κ3) is 7.77. The van der Waals surface area contributed by atoms with Gasteiger partial charge in [0, 0.05) is 25.7 Å². The Morgan fingerprint density at radius 1 is 1.10 bits per heavy atom. The summed E-state index contributed by atoms with van der Waals surface area (Å²) < 4.78 is 1.61. The highest BCUT2D eigenvalue weighted by Crippen LogP contribution is 2.21. The molecule has 0 spiro atoms. The van der Waals surface area contributed by atoms with Gasteiger partial charge < -0.3 is 31.3 Å². The van der Waals surface area contributed by atoms with Crippen LogP contribution in [0.2, 0.25) is 0 Å². The van der Waals surface area contributed by atoms with Gasteiger partial charge in [0.2, 0.25) is 23.6 Å². The second-order valence-corrected chi connectivity index (χ2v) is 10.7. The van der Waals surface area contributed by atoms with Crippen LogP contribution in [0.4, 0.5) is 0 Å². The summed E-state index contributed by atoms with van der Waals surface area (Å²) >= 11 is 0. The highest BCUT2D eigenvalue weighted by Gasteiger charge is 2.40. The molecule has 14 heteroatoms. The second-order valence-electron chi connectivity index (χ2n) is 10.7. The molecule has 0 aromatic carbocycles. The maximum Gasteiger partial charge on any atom is 0.326 e. The van der Waals surface area contributed by atoms with Crippen molar-refractivity contribution in [2.45, 2.75) is 102 Å². The molecule has 0 radical (unpaired) electrons. The largest absolute Gasteiger partial charge is 0.480 e. The number of aromatic nitrogens is 3. The number of nitrogens with zero attached hydrogens (tertiary/aromatic N) is 4. The number of fused-ring (bicyclic) bond motifs is 3. The minimum Gasteiger partial charge on any atom is -0.480 e. The summed E-state index contributed by atoms with van der Waals surface area (Å²) in [6.45, 7) is 6.15. The Morgan fingerprint density at radius 3 is 2.52 bits per heavy atom. The third-order valence-corrected chi connectivity index (χ3v) is 7.82. The molecule has 2 aliphatic rings. The number of carboxylic acids is 1. The molecule has 1 aromatic rings. The maximum absolute atomic E-state index is 13.8. The number of aryl methyl sites for hydroxylation is 1. The van der Waals surface area contributed by atoms with Crippen LogP contribution in [0.1, 0.15) is 65.0 Å². The highest BCUT2D eigenvalue weighted by molar-refractivity contribution is 5.96. The lowest BCUT2D eigenvalue weighted by molar-refractivity contribution is -0.144. The Balaban J connectivity index is 1.94. The molecule has 2 aliphatic heterocycles. The van der Waals surface area contributed by atoms with Gasteiger partial charge in [0.1, 0.15) is 24.2 Å². The fourth-order valence-electron chi connectivity index (χ4n) is 4.97. The van der Waals surface area contributed by atoms with Crippen LogP contribution in [0.3, 0.4) is 0 Å². The maximum atomic E-state index is 13.8. The summed E-state index contributed by atoms with van der Waals surface area (Å²) in [7, 11) is 1.64. The lowest BCUT2D eigenvalue weighted by atomic mass is 9.97. The zero-order chi connectivity index (χ0) is 29.4. The molecule has 0 saturated carbocycles. The van der Waals surface area contributed by atoms with Crippen LogP contribution in [0.15, 0.2) is 6.20 Å². The lowest BCUT2D eigenvalue weighted by Gasteiger charge is -2.31. The van der Waals surface area contributed by atoms with Gasteiger partial charge in [-0.3, -0.25) is 23.9 Å². The van der Waals surface area contributed by atoms with E-state index in [0.29, 0.717) is 50.9 Å². The van der Waals surface area contributed by atoms with Gasteiger partial charge >= 0.3 is 5.97 Å². The number of nitrogens with one attached hydrogen (secondary N) is 4. The first kappa shape index (κ1) is 31.0. The Kier molecular flexibility index (Phi) is 11.0. The molecule has 4 amide bonds. The first-order valence-corrected chi connectivity index (χ1v) is 14.1. The Morgan fingerprint density at radius 2 is 1.85 bits per heavy atom. The summed E-state index contributed by atoms with van der Waals surface area (Å²) in [5.74, 6) is -3.26. The second kappa shape index (κ2) is 14.2. The van der Waals surface area contributed by atoms with Gasteiger partial charge in [-0.05, 0) is 52.0 Å². The first-order valence-electron chi connectivity index (χ1n) is 14.1. The van der Waals surface area contributed by atoms with Crippen molar-refractivity contribution in [1.82, 2.24) is 41.2 Å². The molecule has 0 unspecified atom stereocenters. The molecule has 0 aliphatic carbocycles. The molecule has 3 heterocycles. The van der Waals surface area contributed by atoms with Crippen molar-refractivity contribution in [2.75, 3.05) is 13.6 Å². The molecule has 3 rings (SSSR count). The number of aliphatic carboxylic acids is 1. The van der Waals surface area contributed by atoms with Crippen LogP contribution < -0.4 is 21.3 Å². The standard InChI is InChI=1S/C26H42N8O6/c1-5-15(2)21-24(37)28-18(26(39)40)9-6-7-11-33-14-17(31-32-33)13-19(29-22(35)16(3)27-4)25(38)34-12-8-10-20(34)23(36)30-21/h14-16,18-21,27H,5-13H2,1-4H3,(H,28,37)(H,29,35)(H,30,36)(H,39,40)/t15-,16-,18-,19-,20-,21-/m0/s1. The van der Waals surface area contributed by atoms with Crippen LogP contribution in [-0.2, 0) is 36.9 Å². The number of hydrogen-bond acceptors (Lipinski definition) is 8. The molecule has 2 bridgehead atoms. The van der Waals surface area contributed by atoms with Crippen molar-refractivity contribution in [3.63, 3.8) is 0 Å². The van der Waals surface area contributed by atoms with E-state index in [2.05, 4.69) is 31.6 Å². The summed E-state index contributed by atoms with van der Waals surface area (Å²) in [4.78, 5) is 66.6. The zero-order valence-electron chi connectivity index (χ0n) is 23.7. The first-order chi connectivity index (χ1) is 19.0. The summed E-state index contributed by atoms with van der Waals surface area (Å²) in [5, 5.41) is 29.0. The SMILES string of the molecule is CC[C@H](C)[C@@H]1NC(=O)[C@@H]2CCCN2C(=O)[C@@H](NC(=O)[C@H](C)NC)Cc2cn(nn2)CCCC[C@@H](C(=O)O)NC1=O. The van der Waals surface area contributed by atoms with E-state index in [4.69, 9.17) is 0 Å². The molecular weight excluding hydrogens is 520 g/mol. The van der Waals surface area contributed by atoms with E-state index in [1.54, 1.807) is 24.9 Å². The number of amides is 4. The van der Waals surface area contributed by atoms with E-state index < -0.39 is 53.9 Å². The number of hydrogen-bond donors (Lipinski definition) is 5. The molecule has 14 nitrogen and oxygen atoms in total. The lowest BCUT2D eigenvalue weighted by Crippen LogP contribution is -2.59. The van der Waals surface area contributed by atoms with Gasteiger partial charge in [-0.25, -0.2) is 4.79 Å². The number of likely N-dealkylation sites (N-methyl/N-ethyl adjacent to an activating group) is 1. The van der Waals surface area contributed by atoms with Gasteiger partial charge in [-0.15, -0.1) is 5.10 Å². The van der Waals surface area contributed by atoms with Crippen LogP contribution in [0.5, 0.6) is 0 Å². The van der Waals surface area contributed by atoms with E-state index >= 15 is 0 Å². The number of carbonyl (C=O) groups is 5. The molecule has 1 saturated heterocycles. The smallest absolute Gasteiger partial charge is 0.326 e. The molecule has 40 heavy (non-hydrogen) atoms. The van der Waals surface area contributed by atoms with Crippen molar-refractivity contribution in [3.05, 3.63) is 11.9 Å². The van der Waals surface area contributed by atoms with Crippen molar-refractivity contribution >= 4 is 29.6 Å². The predicted molar refractivity (Wildman–Crippen MR) is 144 cm³/mol. The van der Waals surface area contributed by atoms with Crippen molar-refractivity contribution in [1.29, 1.82) is 0 Å². The van der Waals surface area contributed by atoms with E-state index in [1.165, 1.54) is 4.90 Å². The highest BCUT2D eigenvalue weighted by atomic mass is 16.4. The third-order valence-electron chi connectivity index (χ3n) is 7.82. The normalized spacial score (nSPS) is 26.5. The average molecular weight is 563 g/mol. The van der Waals surface area contributed by atoms with Crippen LogP contribution in [0, 0.1) is 5.92 Å². The van der Waals surface area contributed by atoms with Gasteiger partial charge in [0.15, 0.2) is 0 Å². The van der Waals surface area contributed by atoms with Crippen molar-refractivity contribution < 1.29 is 29.1 Å². The van der Waals surface area contributed by atoms with Crippen LogP contribution in [-0.4, -0.2) is 98.4 Å². The topological polar surface area (TPSA) is 188 Å². The Labute approximate surface area is 234 Å². The van der Waals surface area contributed by atoms with Crippen molar-refractivity contribution in [2.24, 2.45) is 5.92 Å². The van der Waals surface area contributed by atoms with Crippen LogP contribution >= 0.6 is 0 Å². The van der Waals surface area contributed by atoms with Gasteiger partial charge in [-0.2, -0.15) is 0 Å². The van der Waals surface area contributed by atoms with Gasteiger partial charge in [0.05, 0.1) is 11.7 Å². The molecule has 5 N–H and O–H groups in total. The molecular formula is C26H42N8O6. The van der Waals surface area contributed by atoms with Crippen molar-refractivity contribution in [3.8, 4) is 0 Å². The number of carboxylic acid groups (broad SMARTS) is 1. The molecule has 222 valence electrons. The fraction of sp³-hybridized carbons (Fsp3) is 0.731. The summed E-state index contributed by atoms with van der Waals surface area (Å²) in [6.07, 6.45) is 4.63. The van der Waals surface area contributed by atoms with Crippen LogP contribution in [0.25, 0.3) is 0 Å². The molecule has 1 fully saturated rings. The number of carbonyl (C=O) groups excluding carboxylic acids is 4. The monoisotopic (exact) mass is 562 g/mol. The Bertz CT molecular complexity index is 1080.